The topological polar surface area (TPSA) is 38.1 Å². The largest absolute Gasteiger partial charge is 0.303 e. The fourth-order valence-corrected chi connectivity index (χ4v) is 5.20. The molecule has 180 valence electrons. The molecule has 0 N–H and O–H groups in total. The Kier molecular flexibility index (Phi) is 7.00. The van der Waals surface area contributed by atoms with E-state index in [2.05, 4.69) is 9.88 Å². The second kappa shape index (κ2) is 10.5. The van der Waals surface area contributed by atoms with Gasteiger partial charge in [0, 0.05) is 25.0 Å². The van der Waals surface area contributed by atoms with Crippen molar-refractivity contribution in [2.45, 2.75) is 37.6 Å². The van der Waals surface area contributed by atoms with Gasteiger partial charge in [0.05, 0.1) is 17.2 Å². The molecule has 0 bridgehead atoms. The van der Waals surface area contributed by atoms with E-state index in [4.69, 9.17) is 0 Å². The molecule has 0 atom stereocenters. The Morgan fingerprint density at radius 2 is 1.46 bits per heavy atom. The number of halogens is 2. The van der Waals surface area contributed by atoms with Gasteiger partial charge in [0.15, 0.2) is 0 Å². The Hall–Kier alpha value is -3.38. The maximum Gasteiger partial charge on any atom is 0.261 e. The SMILES string of the molecule is O=c1c2ccccc2ncn1C1CCN(CCCC(c2ccc(F)cc2)c2ccc(F)cc2)CC1. The van der Waals surface area contributed by atoms with Crippen molar-refractivity contribution in [2.24, 2.45) is 0 Å². The summed E-state index contributed by atoms with van der Waals surface area (Å²) in [6, 6.07) is 20.9. The molecule has 1 aromatic heterocycles. The van der Waals surface area contributed by atoms with Crippen LogP contribution in [0.25, 0.3) is 10.9 Å². The molecule has 1 aliphatic rings. The van der Waals surface area contributed by atoms with E-state index in [1.165, 1.54) is 24.3 Å². The van der Waals surface area contributed by atoms with Crippen LogP contribution in [0.15, 0.2) is 83.9 Å². The second-order valence-corrected chi connectivity index (χ2v) is 9.34. The first-order valence-corrected chi connectivity index (χ1v) is 12.3. The number of rotatable bonds is 7. The van der Waals surface area contributed by atoms with Gasteiger partial charge in [-0.3, -0.25) is 9.36 Å². The maximum absolute atomic E-state index is 13.5. The zero-order valence-electron chi connectivity index (χ0n) is 19.6. The highest BCUT2D eigenvalue weighted by molar-refractivity contribution is 5.76. The molecule has 1 saturated heterocycles. The summed E-state index contributed by atoms with van der Waals surface area (Å²) in [5.74, 6) is -0.415. The van der Waals surface area contributed by atoms with Gasteiger partial charge in [-0.05, 0) is 79.8 Å². The summed E-state index contributed by atoms with van der Waals surface area (Å²) in [6.07, 6.45) is 5.40. The minimum Gasteiger partial charge on any atom is -0.303 e. The van der Waals surface area contributed by atoms with E-state index in [1.807, 2.05) is 48.5 Å². The number of hydrogen-bond acceptors (Lipinski definition) is 3. The van der Waals surface area contributed by atoms with E-state index in [0.29, 0.717) is 5.39 Å². The number of likely N-dealkylation sites (tertiary alicyclic amines) is 1. The van der Waals surface area contributed by atoms with Crippen LogP contribution in [0.4, 0.5) is 8.78 Å². The van der Waals surface area contributed by atoms with Crippen molar-refractivity contribution in [1.82, 2.24) is 14.5 Å². The predicted molar refractivity (Wildman–Crippen MR) is 135 cm³/mol. The Balaban J connectivity index is 1.20. The summed E-state index contributed by atoms with van der Waals surface area (Å²) in [4.78, 5) is 19.9. The normalized spacial score (nSPS) is 15.2. The van der Waals surface area contributed by atoms with Crippen LogP contribution in [0, 0.1) is 11.6 Å². The van der Waals surface area contributed by atoms with Gasteiger partial charge in [-0.25, -0.2) is 13.8 Å². The highest BCUT2D eigenvalue weighted by Gasteiger charge is 2.22. The average molecular weight is 474 g/mol. The number of para-hydroxylation sites is 1. The van der Waals surface area contributed by atoms with Gasteiger partial charge in [0.1, 0.15) is 11.6 Å². The molecular weight excluding hydrogens is 444 g/mol. The summed E-state index contributed by atoms with van der Waals surface area (Å²) >= 11 is 0. The van der Waals surface area contributed by atoms with Gasteiger partial charge in [-0.2, -0.15) is 0 Å². The van der Waals surface area contributed by atoms with Crippen LogP contribution in [-0.2, 0) is 0 Å². The van der Waals surface area contributed by atoms with E-state index < -0.39 is 0 Å². The molecule has 0 aliphatic carbocycles. The molecule has 0 spiro atoms. The summed E-state index contributed by atoms with van der Waals surface area (Å²) in [5, 5.41) is 0.671. The van der Waals surface area contributed by atoms with Gasteiger partial charge < -0.3 is 4.90 Å². The lowest BCUT2D eigenvalue weighted by molar-refractivity contribution is 0.181. The minimum absolute atomic E-state index is 0.0375. The lowest BCUT2D eigenvalue weighted by Crippen LogP contribution is -2.38. The first-order chi connectivity index (χ1) is 17.1. The van der Waals surface area contributed by atoms with Crippen LogP contribution < -0.4 is 5.56 Å². The molecule has 0 unspecified atom stereocenters. The summed E-state index contributed by atoms with van der Waals surface area (Å²) in [6.45, 7) is 2.82. The summed E-state index contributed by atoms with van der Waals surface area (Å²) in [7, 11) is 0. The third kappa shape index (κ3) is 5.33. The van der Waals surface area contributed by atoms with E-state index in [-0.39, 0.29) is 29.2 Å². The molecule has 0 saturated carbocycles. The molecule has 1 aliphatic heterocycles. The number of fused-ring (bicyclic) bond motifs is 1. The van der Waals surface area contributed by atoms with Crippen molar-refractivity contribution >= 4 is 10.9 Å². The molecule has 0 amide bonds. The average Bonchev–Trinajstić information content (AvgIpc) is 2.89. The van der Waals surface area contributed by atoms with Crippen molar-refractivity contribution in [2.75, 3.05) is 19.6 Å². The molecule has 4 aromatic rings. The smallest absolute Gasteiger partial charge is 0.261 e. The Labute approximate surface area is 203 Å². The third-order valence-electron chi connectivity index (χ3n) is 7.15. The van der Waals surface area contributed by atoms with Crippen molar-refractivity contribution in [3.05, 3.63) is 112 Å². The zero-order valence-corrected chi connectivity index (χ0v) is 19.6. The number of piperidine rings is 1. The van der Waals surface area contributed by atoms with Crippen molar-refractivity contribution in [3.63, 3.8) is 0 Å². The molecule has 0 radical (unpaired) electrons. The van der Waals surface area contributed by atoms with Crippen LogP contribution in [0.1, 0.15) is 48.8 Å². The van der Waals surface area contributed by atoms with E-state index in [9.17, 15) is 13.6 Å². The first kappa shape index (κ1) is 23.4. The summed E-state index contributed by atoms with van der Waals surface area (Å²) in [5.41, 5.74) is 2.86. The van der Waals surface area contributed by atoms with E-state index >= 15 is 0 Å². The number of nitrogens with zero attached hydrogens (tertiary/aromatic N) is 3. The van der Waals surface area contributed by atoms with E-state index in [0.717, 1.165) is 62.0 Å². The Bertz CT molecular complexity index is 1280. The molecule has 4 nitrogen and oxygen atoms in total. The lowest BCUT2D eigenvalue weighted by Gasteiger charge is -2.33. The monoisotopic (exact) mass is 473 g/mol. The number of benzene rings is 3. The fourth-order valence-electron chi connectivity index (χ4n) is 5.20. The standard InChI is InChI=1S/C29H29F2N3O/c30-23-11-7-21(8-12-23)26(22-9-13-24(31)14-10-22)5-3-17-33-18-15-25(16-19-33)34-20-32-28-6-2-1-4-27(28)29(34)35/h1-2,4,6-14,20,25-26H,3,5,15-19H2. The van der Waals surface area contributed by atoms with Crippen molar-refractivity contribution < 1.29 is 8.78 Å². The molecule has 1 fully saturated rings. The van der Waals surface area contributed by atoms with Gasteiger partial charge in [0.2, 0.25) is 0 Å². The fraction of sp³-hybridized carbons (Fsp3) is 0.310. The predicted octanol–water partition coefficient (Wildman–Crippen LogP) is 5.92. The van der Waals surface area contributed by atoms with Crippen molar-refractivity contribution in [1.29, 1.82) is 0 Å². The first-order valence-electron chi connectivity index (χ1n) is 12.3. The molecule has 5 rings (SSSR count). The molecule has 6 heteroatoms. The Morgan fingerprint density at radius 1 is 0.857 bits per heavy atom. The maximum atomic E-state index is 13.5. The molecule has 3 aromatic carbocycles. The lowest BCUT2D eigenvalue weighted by atomic mass is 9.87. The highest BCUT2D eigenvalue weighted by atomic mass is 19.1. The second-order valence-electron chi connectivity index (χ2n) is 9.34. The van der Waals surface area contributed by atoms with Crippen LogP contribution in [0.5, 0.6) is 0 Å². The molecular formula is C29H29F2N3O. The summed E-state index contributed by atoms with van der Waals surface area (Å²) < 4.78 is 28.8. The Morgan fingerprint density at radius 3 is 2.09 bits per heavy atom. The van der Waals surface area contributed by atoms with Crippen LogP contribution in [0.3, 0.4) is 0 Å². The van der Waals surface area contributed by atoms with Crippen LogP contribution in [-0.4, -0.2) is 34.1 Å². The zero-order chi connectivity index (χ0) is 24.2. The number of aromatic nitrogens is 2. The van der Waals surface area contributed by atoms with Crippen LogP contribution >= 0.6 is 0 Å². The van der Waals surface area contributed by atoms with Crippen molar-refractivity contribution in [3.8, 4) is 0 Å². The van der Waals surface area contributed by atoms with E-state index in [1.54, 1.807) is 10.9 Å². The quantitative estimate of drug-likeness (QED) is 0.334. The minimum atomic E-state index is -0.254. The molecule has 35 heavy (non-hydrogen) atoms. The van der Waals surface area contributed by atoms with Gasteiger partial charge in [-0.15, -0.1) is 0 Å². The third-order valence-corrected chi connectivity index (χ3v) is 7.15. The molecule has 2 heterocycles. The van der Waals surface area contributed by atoms with Gasteiger partial charge in [-0.1, -0.05) is 36.4 Å². The van der Waals surface area contributed by atoms with Gasteiger partial charge >= 0.3 is 0 Å². The van der Waals surface area contributed by atoms with Crippen LogP contribution in [0.2, 0.25) is 0 Å². The number of hydrogen-bond donors (Lipinski definition) is 0. The highest BCUT2D eigenvalue weighted by Crippen LogP contribution is 2.30. The van der Waals surface area contributed by atoms with Gasteiger partial charge in [0.25, 0.3) is 5.56 Å².